The van der Waals surface area contributed by atoms with E-state index in [1.165, 1.54) is 12.1 Å². The lowest BCUT2D eigenvalue weighted by molar-refractivity contribution is -0.125. The van der Waals surface area contributed by atoms with Gasteiger partial charge in [-0.05, 0) is 25.3 Å². The van der Waals surface area contributed by atoms with E-state index in [2.05, 4.69) is 5.32 Å². The van der Waals surface area contributed by atoms with Gasteiger partial charge >= 0.3 is 0 Å². The molecule has 1 aromatic rings. The summed E-state index contributed by atoms with van der Waals surface area (Å²) in [5.41, 5.74) is 5.59. The molecule has 0 radical (unpaired) electrons. The summed E-state index contributed by atoms with van der Waals surface area (Å²) in [5.74, 6) is -2.81. The maximum Gasteiger partial charge on any atom is 0.222 e. The van der Waals surface area contributed by atoms with Crippen LogP contribution in [0.1, 0.15) is 31.9 Å². The smallest absolute Gasteiger partial charge is 0.222 e. The van der Waals surface area contributed by atoms with Crippen LogP contribution in [0.2, 0.25) is 0 Å². The number of rotatable bonds is 2. The van der Waals surface area contributed by atoms with Crippen molar-refractivity contribution in [3.63, 3.8) is 0 Å². The molecule has 1 aliphatic heterocycles. The Hall–Kier alpha value is -1.49. The molecule has 4 unspecified atom stereocenters. The molecule has 19 heavy (non-hydrogen) atoms. The summed E-state index contributed by atoms with van der Waals surface area (Å²) in [4.78, 5) is 11.6. The van der Waals surface area contributed by atoms with Crippen LogP contribution in [-0.4, -0.2) is 11.9 Å². The topological polar surface area (TPSA) is 55.1 Å². The Labute approximate surface area is 111 Å². The number of benzene rings is 1. The molecular formula is C14H18F2N2O. The molecule has 1 amide bonds. The highest BCUT2D eigenvalue weighted by atomic mass is 19.2. The van der Waals surface area contributed by atoms with Crippen LogP contribution in [0.25, 0.3) is 0 Å². The molecule has 104 valence electrons. The predicted molar refractivity (Wildman–Crippen MR) is 68.2 cm³/mol. The fraction of sp³-hybridized carbons (Fsp3) is 0.500. The first-order chi connectivity index (χ1) is 8.91. The first kappa shape index (κ1) is 13.9. The molecule has 0 bridgehead atoms. The molecule has 1 heterocycles. The van der Waals surface area contributed by atoms with Gasteiger partial charge in [-0.1, -0.05) is 19.1 Å². The SMILES string of the molecule is CC1CC(C)C(C(N)=O)C(c2cccc(F)c2F)N1. The van der Waals surface area contributed by atoms with Gasteiger partial charge in [0.15, 0.2) is 11.6 Å². The summed E-state index contributed by atoms with van der Waals surface area (Å²) >= 11 is 0. The largest absolute Gasteiger partial charge is 0.369 e. The van der Waals surface area contributed by atoms with E-state index in [4.69, 9.17) is 5.73 Å². The Morgan fingerprint density at radius 2 is 2.05 bits per heavy atom. The Bertz CT molecular complexity index is 492. The number of nitrogens with one attached hydrogen (secondary N) is 1. The van der Waals surface area contributed by atoms with E-state index < -0.39 is 29.5 Å². The van der Waals surface area contributed by atoms with Crippen LogP contribution in [0.4, 0.5) is 8.78 Å². The van der Waals surface area contributed by atoms with Crippen molar-refractivity contribution >= 4 is 5.91 Å². The van der Waals surface area contributed by atoms with Crippen LogP contribution in [0.15, 0.2) is 18.2 Å². The van der Waals surface area contributed by atoms with Gasteiger partial charge in [0.05, 0.1) is 5.92 Å². The Kier molecular flexibility index (Phi) is 3.85. The molecular weight excluding hydrogens is 250 g/mol. The van der Waals surface area contributed by atoms with Crippen LogP contribution in [0.5, 0.6) is 0 Å². The van der Waals surface area contributed by atoms with Gasteiger partial charge in [-0.3, -0.25) is 4.79 Å². The Morgan fingerprint density at radius 3 is 2.68 bits per heavy atom. The average Bonchev–Trinajstić information content (AvgIpc) is 2.31. The van der Waals surface area contributed by atoms with Gasteiger partial charge in [0.1, 0.15) is 0 Å². The molecule has 3 nitrogen and oxygen atoms in total. The van der Waals surface area contributed by atoms with E-state index in [1.54, 1.807) is 0 Å². The van der Waals surface area contributed by atoms with Crippen LogP contribution >= 0.6 is 0 Å². The van der Waals surface area contributed by atoms with Gasteiger partial charge in [-0.15, -0.1) is 0 Å². The lowest BCUT2D eigenvalue weighted by Crippen LogP contribution is -2.49. The molecule has 0 aliphatic carbocycles. The third-order valence-corrected chi connectivity index (χ3v) is 3.81. The average molecular weight is 268 g/mol. The number of amides is 1. The van der Waals surface area contributed by atoms with Crippen molar-refractivity contribution in [2.24, 2.45) is 17.6 Å². The molecule has 0 saturated carbocycles. The minimum Gasteiger partial charge on any atom is -0.369 e. The molecule has 0 aromatic heterocycles. The monoisotopic (exact) mass is 268 g/mol. The van der Waals surface area contributed by atoms with Crippen molar-refractivity contribution < 1.29 is 13.6 Å². The lowest BCUT2D eigenvalue weighted by atomic mass is 9.76. The van der Waals surface area contributed by atoms with E-state index in [-0.39, 0.29) is 17.5 Å². The van der Waals surface area contributed by atoms with Crippen LogP contribution in [0.3, 0.4) is 0 Å². The summed E-state index contributed by atoms with van der Waals surface area (Å²) in [7, 11) is 0. The molecule has 1 aliphatic rings. The number of carbonyl (C=O) groups is 1. The van der Waals surface area contributed by atoms with Gasteiger partial charge in [-0.2, -0.15) is 0 Å². The van der Waals surface area contributed by atoms with Gasteiger partial charge < -0.3 is 11.1 Å². The van der Waals surface area contributed by atoms with E-state index >= 15 is 0 Å². The number of primary amides is 1. The molecule has 4 atom stereocenters. The fourth-order valence-electron chi connectivity index (χ4n) is 3.00. The first-order valence-electron chi connectivity index (χ1n) is 6.41. The number of piperidine rings is 1. The normalized spacial score (nSPS) is 31.2. The molecule has 0 spiro atoms. The number of carbonyl (C=O) groups excluding carboxylic acids is 1. The van der Waals surface area contributed by atoms with E-state index in [9.17, 15) is 13.6 Å². The zero-order valence-electron chi connectivity index (χ0n) is 11.0. The highest BCUT2D eigenvalue weighted by molar-refractivity contribution is 5.78. The number of hydrogen-bond acceptors (Lipinski definition) is 2. The zero-order chi connectivity index (χ0) is 14.2. The lowest BCUT2D eigenvalue weighted by Gasteiger charge is -2.39. The van der Waals surface area contributed by atoms with Crippen molar-refractivity contribution in [2.75, 3.05) is 0 Å². The maximum absolute atomic E-state index is 13.9. The Morgan fingerprint density at radius 1 is 1.37 bits per heavy atom. The minimum absolute atomic E-state index is 0.0291. The zero-order valence-corrected chi connectivity index (χ0v) is 11.0. The van der Waals surface area contributed by atoms with E-state index in [0.29, 0.717) is 0 Å². The number of halogens is 2. The third kappa shape index (κ3) is 2.61. The fourth-order valence-corrected chi connectivity index (χ4v) is 3.00. The summed E-state index contributed by atoms with van der Waals surface area (Å²) < 4.78 is 27.2. The van der Waals surface area contributed by atoms with E-state index in [1.807, 2.05) is 13.8 Å². The van der Waals surface area contributed by atoms with Crippen molar-refractivity contribution in [3.8, 4) is 0 Å². The van der Waals surface area contributed by atoms with Gasteiger partial charge in [0.2, 0.25) is 5.91 Å². The molecule has 1 saturated heterocycles. The second-order valence-electron chi connectivity index (χ2n) is 5.33. The molecule has 5 heteroatoms. The summed E-state index contributed by atoms with van der Waals surface area (Å²) in [6.45, 7) is 3.87. The van der Waals surface area contributed by atoms with E-state index in [0.717, 1.165) is 12.5 Å². The third-order valence-electron chi connectivity index (χ3n) is 3.81. The quantitative estimate of drug-likeness (QED) is 0.863. The summed E-state index contributed by atoms with van der Waals surface area (Å²) in [6, 6.07) is 3.55. The summed E-state index contributed by atoms with van der Waals surface area (Å²) in [5, 5.41) is 3.16. The second kappa shape index (κ2) is 5.25. The van der Waals surface area contributed by atoms with Gasteiger partial charge in [-0.25, -0.2) is 8.78 Å². The highest BCUT2D eigenvalue weighted by Crippen LogP contribution is 2.36. The van der Waals surface area contributed by atoms with Crippen molar-refractivity contribution in [2.45, 2.75) is 32.4 Å². The molecule has 2 rings (SSSR count). The van der Waals surface area contributed by atoms with Crippen molar-refractivity contribution in [1.82, 2.24) is 5.32 Å². The molecule has 1 fully saturated rings. The number of nitrogens with two attached hydrogens (primary N) is 1. The van der Waals surface area contributed by atoms with Crippen molar-refractivity contribution in [1.29, 1.82) is 0 Å². The summed E-state index contributed by atoms with van der Waals surface area (Å²) in [6.07, 6.45) is 0.779. The van der Waals surface area contributed by atoms with Crippen LogP contribution < -0.4 is 11.1 Å². The number of hydrogen-bond donors (Lipinski definition) is 2. The van der Waals surface area contributed by atoms with Crippen LogP contribution in [0, 0.1) is 23.5 Å². The highest BCUT2D eigenvalue weighted by Gasteiger charge is 2.39. The molecule has 1 aromatic carbocycles. The first-order valence-corrected chi connectivity index (χ1v) is 6.41. The van der Waals surface area contributed by atoms with Crippen molar-refractivity contribution in [3.05, 3.63) is 35.4 Å². The Balaban J connectivity index is 2.44. The predicted octanol–water partition coefficient (Wildman–Crippen LogP) is 2.13. The standard InChI is InChI=1S/C14H18F2N2O/c1-7-6-8(2)18-13(11(7)14(17)19)9-4-3-5-10(15)12(9)16/h3-5,7-8,11,13,18H,6H2,1-2H3,(H2,17,19). The maximum atomic E-state index is 13.9. The second-order valence-corrected chi connectivity index (χ2v) is 5.33. The molecule has 3 N–H and O–H groups in total. The van der Waals surface area contributed by atoms with Gasteiger partial charge in [0.25, 0.3) is 0 Å². The van der Waals surface area contributed by atoms with Crippen LogP contribution in [-0.2, 0) is 4.79 Å². The van der Waals surface area contributed by atoms with Gasteiger partial charge in [0, 0.05) is 17.6 Å². The minimum atomic E-state index is -0.910.